The second-order valence-electron chi connectivity index (χ2n) is 6.89. The van der Waals surface area contributed by atoms with Crippen molar-refractivity contribution in [3.63, 3.8) is 0 Å². The fraction of sp³-hybridized carbons (Fsp3) is 0.905. The van der Waals surface area contributed by atoms with E-state index in [4.69, 9.17) is 33.5 Å². The Morgan fingerprint density at radius 1 is 0.688 bits per heavy atom. The van der Waals surface area contributed by atoms with Crippen molar-refractivity contribution < 1.29 is 47.9 Å². The van der Waals surface area contributed by atoms with Crippen LogP contribution in [-0.4, -0.2) is 116 Å². The van der Waals surface area contributed by atoms with E-state index in [1.54, 1.807) is 0 Å². The Balaban J connectivity index is 3.12. The number of carbonyl (C=O) groups is 2. The molecule has 0 fully saturated rings. The molecule has 0 aromatic heterocycles. The van der Waals surface area contributed by atoms with Crippen LogP contribution in [0.4, 0.5) is 0 Å². The molecule has 0 heterocycles. The van der Waals surface area contributed by atoms with Gasteiger partial charge in [-0.25, -0.2) is 4.79 Å². The van der Waals surface area contributed by atoms with E-state index >= 15 is 0 Å². The summed E-state index contributed by atoms with van der Waals surface area (Å²) in [6.45, 7) is 9.96. The molecule has 0 rings (SSSR count). The number of carboxylic acid groups (broad SMARTS) is 1. The number of carboxylic acids is 1. The van der Waals surface area contributed by atoms with Crippen LogP contribution in [0.25, 0.3) is 0 Å². The third kappa shape index (κ3) is 24.9. The van der Waals surface area contributed by atoms with E-state index in [2.05, 4.69) is 23.9 Å². The number of nitrogens with one attached hydrogen (secondary N) is 1. The molecule has 0 aromatic rings. The van der Waals surface area contributed by atoms with Crippen molar-refractivity contribution in [2.75, 3.05) is 99.0 Å². The molecule has 0 aliphatic rings. The highest BCUT2D eigenvalue weighted by Crippen LogP contribution is 1.99. The van der Waals surface area contributed by atoms with Gasteiger partial charge in [0.15, 0.2) is 0 Å². The SMILES string of the molecule is CCC(C)COCCOCCOCCOCCOCCOCCNC(=O)COCC(=O)O. The summed E-state index contributed by atoms with van der Waals surface area (Å²) >= 11 is 0. The van der Waals surface area contributed by atoms with Gasteiger partial charge in [-0.15, -0.1) is 0 Å². The number of amides is 1. The van der Waals surface area contributed by atoms with Crippen molar-refractivity contribution in [2.24, 2.45) is 5.92 Å². The third-order valence-corrected chi connectivity index (χ3v) is 3.99. The summed E-state index contributed by atoms with van der Waals surface area (Å²) in [6.07, 6.45) is 1.12. The molecule has 11 nitrogen and oxygen atoms in total. The number of aliphatic carboxylic acids is 1. The first-order valence-electron chi connectivity index (χ1n) is 11.1. The molecule has 11 heteroatoms. The molecule has 1 unspecified atom stereocenters. The summed E-state index contributed by atoms with van der Waals surface area (Å²) in [5, 5.41) is 10.9. The lowest BCUT2D eigenvalue weighted by Gasteiger charge is -2.10. The molecule has 0 aliphatic carbocycles. The van der Waals surface area contributed by atoms with Crippen LogP contribution >= 0.6 is 0 Å². The second-order valence-corrected chi connectivity index (χ2v) is 6.89. The maximum atomic E-state index is 11.3. The molecule has 1 amide bonds. The van der Waals surface area contributed by atoms with E-state index in [-0.39, 0.29) is 12.5 Å². The van der Waals surface area contributed by atoms with Crippen molar-refractivity contribution in [1.82, 2.24) is 5.32 Å². The number of carbonyl (C=O) groups excluding carboxylic acids is 1. The lowest BCUT2D eigenvalue weighted by molar-refractivity contribution is -0.143. The first-order chi connectivity index (χ1) is 15.6. The van der Waals surface area contributed by atoms with Crippen molar-refractivity contribution in [2.45, 2.75) is 20.3 Å². The van der Waals surface area contributed by atoms with Gasteiger partial charge in [0.2, 0.25) is 5.91 Å². The fourth-order valence-corrected chi connectivity index (χ4v) is 2.05. The largest absolute Gasteiger partial charge is 0.480 e. The molecule has 1 atom stereocenters. The predicted octanol–water partition coefficient (Wildman–Crippen LogP) is 0.350. The molecule has 2 N–H and O–H groups in total. The average molecular weight is 468 g/mol. The normalized spacial score (nSPS) is 12.1. The second kappa shape index (κ2) is 24.3. The molecule has 0 aliphatic heterocycles. The summed E-state index contributed by atoms with van der Waals surface area (Å²) in [4.78, 5) is 21.5. The molecule has 0 aromatic carbocycles. The topological polar surface area (TPSA) is 131 Å². The van der Waals surface area contributed by atoms with Crippen LogP contribution in [-0.2, 0) is 42.7 Å². The van der Waals surface area contributed by atoms with Gasteiger partial charge >= 0.3 is 5.97 Å². The van der Waals surface area contributed by atoms with E-state index in [1.165, 1.54) is 0 Å². The minimum Gasteiger partial charge on any atom is -0.480 e. The van der Waals surface area contributed by atoms with Crippen molar-refractivity contribution in [3.8, 4) is 0 Å². The van der Waals surface area contributed by atoms with Gasteiger partial charge in [0.25, 0.3) is 0 Å². The molecule has 0 bridgehead atoms. The predicted molar refractivity (Wildman–Crippen MR) is 116 cm³/mol. The van der Waals surface area contributed by atoms with Crippen LogP contribution in [0.1, 0.15) is 20.3 Å². The summed E-state index contributed by atoms with van der Waals surface area (Å²) in [5.74, 6) is -0.916. The van der Waals surface area contributed by atoms with Gasteiger partial charge in [-0.1, -0.05) is 20.3 Å². The summed E-state index contributed by atoms with van der Waals surface area (Å²) in [7, 11) is 0. The van der Waals surface area contributed by atoms with Crippen LogP contribution in [0.5, 0.6) is 0 Å². The van der Waals surface area contributed by atoms with Crippen LogP contribution in [0.2, 0.25) is 0 Å². The smallest absolute Gasteiger partial charge is 0.329 e. The molecule has 32 heavy (non-hydrogen) atoms. The molecule has 0 saturated carbocycles. The lowest BCUT2D eigenvalue weighted by atomic mass is 10.1. The zero-order chi connectivity index (χ0) is 23.7. The van der Waals surface area contributed by atoms with Crippen LogP contribution in [0, 0.1) is 5.92 Å². The number of hydrogen-bond donors (Lipinski definition) is 2. The van der Waals surface area contributed by atoms with Crippen LogP contribution in [0.3, 0.4) is 0 Å². The summed E-state index contributed by atoms with van der Waals surface area (Å²) in [5.41, 5.74) is 0. The molecular weight excluding hydrogens is 426 g/mol. The highest BCUT2D eigenvalue weighted by Gasteiger charge is 2.03. The average Bonchev–Trinajstić information content (AvgIpc) is 2.77. The third-order valence-electron chi connectivity index (χ3n) is 3.99. The minimum absolute atomic E-state index is 0.289. The fourth-order valence-electron chi connectivity index (χ4n) is 2.05. The monoisotopic (exact) mass is 467 g/mol. The van der Waals surface area contributed by atoms with Crippen molar-refractivity contribution in [1.29, 1.82) is 0 Å². The lowest BCUT2D eigenvalue weighted by Crippen LogP contribution is -2.31. The van der Waals surface area contributed by atoms with Gasteiger partial charge < -0.3 is 43.6 Å². The Bertz CT molecular complexity index is 439. The van der Waals surface area contributed by atoms with Crippen LogP contribution < -0.4 is 5.32 Å². The van der Waals surface area contributed by atoms with Crippen molar-refractivity contribution in [3.05, 3.63) is 0 Å². The molecular formula is C21H41NO10. The van der Waals surface area contributed by atoms with E-state index in [1.807, 2.05) is 0 Å². The highest BCUT2D eigenvalue weighted by atomic mass is 16.6. The highest BCUT2D eigenvalue weighted by molar-refractivity contribution is 5.77. The molecule has 190 valence electrons. The Kier molecular flexibility index (Phi) is 23.3. The first-order valence-corrected chi connectivity index (χ1v) is 11.1. The molecule has 0 radical (unpaired) electrons. The number of ether oxygens (including phenoxy) is 7. The summed E-state index contributed by atoms with van der Waals surface area (Å²) in [6, 6.07) is 0. The summed E-state index contributed by atoms with van der Waals surface area (Å²) < 4.78 is 37.0. The number of hydrogen-bond acceptors (Lipinski definition) is 9. The van der Waals surface area contributed by atoms with Gasteiger partial charge in [-0.3, -0.25) is 4.79 Å². The van der Waals surface area contributed by atoms with E-state index in [9.17, 15) is 9.59 Å². The van der Waals surface area contributed by atoms with E-state index in [0.29, 0.717) is 85.1 Å². The molecule has 0 saturated heterocycles. The zero-order valence-electron chi connectivity index (χ0n) is 19.5. The minimum atomic E-state index is -1.12. The van der Waals surface area contributed by atoms with Gasteiger partial charge in [-0.2, -0.15) is 0 Å². The van der Waals surface area contributed by atoms with Crippen LogP contribution in [0.15, 0.2) is 0 Å². The Morgan fingerprint density at radius 2 is 1.12 bits per heavy atom. The van der Waals surface area contributed by atoms with Gasteiger partial charge in [0, 0.05) is 13.2 Å². The standard InChI is InChI=1S/C21H41NO10/c1-3-19(2)16-31-15-14-30-13-12-29-11-10-28-9-8-27-7-6-26-5-4-22-20(23)17-32-18-21(24)25/h19H,3-18H2,1-2H3,(H,22,23)(H,24,25). The van der Waals surface area contributed by atoms with E-state index in [0.717, 1.165) is 13.0 Å². The number of rotatable bonds is 25. The Labute approximate surface area is 191 Å². The first kappa shape index (κ1) is 30.7. The zero-order valence-corrected chi connectivity index (χ0v) is 19.5. The maximum absolute atomic E-state index is 11.3. The van der Waals surface area contributed by atoms with Crippen molar-refractivity contribution >= 4 is 11.9 Å². The van der Waals surface area contributed by atoms with Gasteiger partial charge in [0.05, 0.1) is 72.7 Å². The van der Waals surface area contributed by atoms with Gasteiger partial charge in [0.1, 0.15) is 13.2 Å². The maximum Gasteiger partial charge on any atom is 0.329 e. The Hall–Kier alpha value is -1.34. The van der Waals surface area contributed by atoms with Gasteiger partial charge in [-0.05, 0) is 5.92 Å². The quantitative estimate of drug-likeness (QED) is 0.181. The Morgan fingerprint density at radius 3 is 1.56 bits per heavy atom. The van der Waals surface area contributed by atoms with E-state index < -0.39 is 12.6 Å². The molecule has 0 spiro atoms.